The number of thiophene rings is 2. The summed E-state index contributed by atoms with van der Waals surface area (Å²) in [6, 6.07) is 141. The molecule has 0 unspecified atom stereocenters. The van der Waals surface area contributed by atoms with E-state index >= 15 is 0 Å². The highest BCUT2D eigenvalue weighted by atomic mass is 32.1. The molecule has 18 aromatic carbocycles. The zero-order chi connectivity index (χ0) is 81.2. The molecule has 0 aliphatic heterocycles. The van der Waals surface area contributed by atoms with Crippen molar-refractivity contribution in [1.29, 1.82) is 0 Å². The van der Waals surface area contributed by atoms with Gasteiger partial charge in [-0.25, -0.2) is 0 Å². The summed E-state index contributed by atoms with van der Waals surface area (Å²) in [5.74, 6) is 0. The van der Waals surface area contributed by atoms with Crippen LogP contribution < -0.4 is 0 Å². The summed E-state index contributed by atoms with van der Waals surface area (Å²) >= 11 is 3.76. The van der Waals surface area contributed by atoms with Crippen LogP contribution >= 0.6 is 22.7 Å². The molecule has 0 amide bonds. The van der Waals surface area contributed by atoms with Gasteiger partial charge in [0, 0.05) is 89.0 Å². The summed E-state index contributed by atoms with van der Waals surface area (Å²) in [6.07, 6.45) is 0. The number of rotatable bonds is 6. The van der Waals surface area contributed by atoms with Gasteiger partial charge in [-0.15, -0.1) is 22.7 Å². The highest BCUT2D eigenvalue weighted by Gasteiger charge is 2.17. The lowest BCUT2D eigenvalue weighted by atomic mass is 9.99. The standard InChI is InChI=1S/4C19H14O.2C19H14S/c1-13-9-11-14(12-10-13)15-6-4-7-17-16-5-2-3-8-18(16)20-19(15)17;1-13-9-11-14(12-10-13)15-6-4-8-18-19(15)16-5-2-3-7-17(16)20-18;1-13-6-8-14(9-7-13)15-10-11-19-17(12-15)16-4-2-3-5-18(16)20-19;1-13-6-8-14(9-7-13)15-10-11-17-16-4-2-3-5-18(16)20-19(17)12-15;1-13-9-11-14(12-10-13)15-6-4-7-17-16-5-2-3-8-18(16)20-19(15)17;1-13-9-11-14(12-10-13)15-6-4-8-18-19(15)16-5-2-3-7-17(16)20-18/h6*2-12H,1H3. The van der Waals surface area contributed by atoms with E-state index in [-0.39, 0.29) is 0 Å². The van der Waals surface area contributed by atoms with Gasteiger partial charge in [-0.2, -0.15) is 0 Å². The summed E-state index contributed by atoms with van der Waals surface area (Å²) in [5.41, 5.74) is 30.3. The van der Waals surface area contributed by atoms with Crippen molar-refractivity contribution in [2.75, 3.05) is 0 Å². The van der Waals surface area contributed by atoms with E-state index in [4.69, 9.17) is 17.7 Å². The van der Waals surface area contributed by atoms with Gasteiger partial charge in [0.05, 0.1) is 0 Å². The van der Waals surface area contributed by atoms with Gasteiger partial charge in [0.25, 0.3) is 0 Å². The fourth-order valence-corrected chi connectivity index (χ4v) is 18.6. The summed E-state index contributed by atoms with van der Waals surface area (Å²) in [7, 11) is 0. The number of para-hydroxylation sites is 5. The fraction of sp³-hybridized carbons (Fsp3) is 0.0526. The molecule has 0 atom stereocenters. The average molecular weight is 1580 g/mol. The summed E-state index contributed by atoms with van der Waals surface area (Å²) < 4.78 is 29.3. The second-order valence-corrected chi connectivity index (χ2v) is 33.1. The molecule has 6 aromatic heterocycles. The Morgan fingerprint density at radius 1 is 0.167 bits per heavy atom. The number of fused-ring (bicyclic) bond motifs is 18. The molecule has 24 rings (SSSR count). The van der Waals surface area contributed by atoms with Gasteiger partial charge in [-0.3, -0.25) is 0 Å². The minimum Gasteiger partial charge on any atom is -0.456 e. The molecule has 120 heavy (non-hydrogen) atoms. The van der Waals surface area contributed by atoms with Crippen molar-refractivity contribution in [2.45, 2.75) is 41.5 Å². The van der Waals surface area contributed by atoms with Crippen molar-refractivity contribution in [1.82, 2.24) is 0 Å². The molecule has 0 fully saturated rings. The minimum atomic E-state index is 0.946. The molecule has 0 aliphatic carbocycles. The van der Waals surface area contributed by atoms with Gasteiger partial charge in [-0.1, -0.05) is 361 Å². The Labute approximate surface area is 705 Å². The third kappa shape index (κ3) is 15.5. The van der Waals surface area contributed by atoms with Crippen LogP contribution in [0.2, 0.25) is 0 Å². The second-order valence-electron chi connectivity index (χ2n) is 30.9. The highest BCUT2D eigenvalue weighted by Crippen LogP contribution is 2.44. The van der Waals surface area contributed by atoms with E-state index in [0.717, 1.165) is 50.2 Å². The molecule has 0 bridgehead atoms. The van der Waals surface area contributed by atoms with E-state index < -0.39 is 0 Å². The summed E-state index contributed by atoms with van der Waals surface area (Å²) in [4.78, 5) is 0. The van der Waals surface area contributed by atoms with Crippen LogP contribution in [0.3, 0.4) is 0 Å². The lowest BCUT2D eigenvalue weighted by Gasteiger charge is -2.05. The van der Waals surface area contributed by atoms with E-state index in [9.17, 15) is 0 Å². The molecule has 0 radical (unpaired) electrons. The summed E-state index contributed by atoms with van der Waals surface area (Å²) in [6.45, 7) is 12.7. The maximum atomic E-state index is 6.07. The van der Waals surface area contributed by atoms with Crippen molar-refractivity contribution < 1.29 is 17.7 Å². The largest absolute Gasteiger partial charge is 0.456 e. The molecular weight excluding hydrogens is 1500 g/mol. The quantitative estimate of drug-likeness (QED) is 0.166. The van der Waals surface area contributed by atoms with Crippen LogP contribution in [0.25, 0.3) is 195 Å². The molecule has 6 heterocycles. The third-order valence-electron chi connectivity index (χ3n) is 22.6. The number of hydrogen-bond donors (Lipinski definition) is 0. The van der Waals surface area contributed by atoms with Crippen LogP contribution in [-0.4, -0.2) is 0 Å². The van der Waals surface area contributed by atoms with Crippen LogP contribution in [0.4, 0.5) is 0 Å². The lowest BCUT2D eigenvalue weighted by Crippen LogP contribution is -1.80. The first kappa shape index (κ1) is 75.6. The minimum absolute atomic E-state index is 0.946. The lowest BCUT2D eigenvalue weighted by molar-refractivity contribution is 0.668. The van der Waals surface area contributed by atoms with Crippen molar-refractivity contribution in [3.05, 3.63) is 434 Å². The second kappa shape index (κ2) is 33.3. The molecule has 6 heteroatoms. The molecule has 0 saturated heterocycles. The maximum absolute atomic E-state index is 6.07. The Bertz CT molecular complexity index is 7450. The highest BCUT2D eigenvalue weighted by molar-refractivity contribution is 7.26. The van der Waals surface area contributed by atoms with E-state index in [0.29, 0.717) is 0 Å². The first-order valence-corrected chi connectivity index (χ1v) is 42.4. The monoisotopic (exact) mass is 1580 g/mol. The molecule has 0 N–H and O–H groups in total. The molecule has 576 valence electrons. The van der Waals surface area contributed by atoms with Crippen molar-refractivity contribution in [2.24, 2.45) is 0 Å². The Morgan fingerprint density at radius 3 is 1.06 bits per heavy atom. The van der Waals surface area contributed by atoms with Crippen molar-refractivity contribution in [3.63, 3.8) is 0 Å². The van der Waals surface area contributed by atoms with Crippen LogP contribution in [0.1, 0.15) is 33.4 Å². The molecule has 4 nitrogen and oxygen atoms in total. The van der Waals surface area contributed by atoms with Crippen LogP contribution in [0, 0.1) is 41.5 Å². The predicted molar refractivity (Wildman–Crippen MR) is 515 cm³/mol. The molecular formula is C114H84O4S2. The average Bonchev–Trinajstić information content (AvgIpc) is 1.60. The first-order valence-electron chi connectivity index (χ1n) is 40.8. The van der Waals surface area contributed by atoms with Crippen LogP contribution in [0.5, 0.6) is 0 Å². The van der Waals surface area contributed by atoms with Gasteiger partial charge < -0.3 is 17.7 Å². The summed E-state index contributed by atoms with van der Waals surface area (Å²) in [5, 5.41) is 14.9. The number of aryl methyl sites for hydroxylation is 6. The molecule has 0 spiro atoms. The van der Waals surface area contributed by atoms with Gasteiger partial charge in [0.2, 0.25) is 0 Å². The van der Waals surface area contributed by atoms with Gasteiger partial charge in [0.15, 0.2) is 0 Å². The molecule has 24 aromatic rings. The smallest absolute Gasteiger partial charge is 0.143 e. The zero-order valence-electron chi connectivity index (χ0n) is 67.6. The Hall–Kier alpha value is -14.4. The molecule has 0 aliphatic rings. The zero-order valence-corrected chi connectivity index (χ0v) is 69.2. The topological polar surface area (TPSA) is 52.6 Å². The Morgan fingerprint density at radius 2 is 0.492 bits per heavy atom. The van der Waals surface area contributed by atoms with Crippen molar-refractivity contribution >= 4 is 151 Å². The Kier molecular flexibility index (Phi) is 21.0. The molecule has 0 saturated carbocycles. The Balaban J connectivity index is 0.0000000952. The first-order chi connectivity index (χ1) is 58.9. The van der Waals surface area contributed by atoms with Gasteiger partial charge >= 0.3 is 0 Å². The van der Waals surface area contributed by atoms with Crippen molar-refractivity contribution in [3.8, 4) is 66.8 Å². The van der Waals surface area contributed by atoms with Crippen LogP contribution in [0.15, 0.2) is 418 Å². The van der Waals surface area contributed by atoms with Gasteiger partial charge in [-0.05, 0) is 176 Å². The van der Waals surface area contributed by atoms with E-state index in [1.807, 2.05) is 83.3 Å². The SMILES string of the molecule is Cc1ccc(-c2ccc3c(c2)oc2ccccc23)cc1.Cc1ccc(-c2ccc3oc4ccccc4c3c2)cc1.Cc1ccc(-c2cccc3c2oc2ccccc23)cc1.Cc1ccc(-c2cccc3c2sc2ccccc23)cc1.Cc1ccc(-c2cccc3oc4ccccc4c23)cc1.Cc1ccc(-c2cccc3sc4ccccc4c23)cc1. The maximum Gasteiger partial charge on any atom is 0.143 e. The van der Waals surface area contributed by atoms with Crippen LogP contribution in [-0.2, 0) is 0 Å². The van der Waals surface area contributed by atoms with E-state index in [1.165, 1.54) is 178 Å². The fourth-order valence-electron chi connectivity index (χ4n) is 16.2. The van der Waals surface area contributed by atoms with E-state index in [2.05, 4.69) is 381 Å². The predicted octanol–water partition coefficient (Wildman–Crippen LogP) is 34.3. The number of furan rings is 4. The number of hydrogen-bond acceptors (Lipinski definition) is 6. The number of benzene rings is 18. The van der Waals surface area contributed by atoms with E-state index in [1.54, 1.807) is 0 Å². The van der Waals surface area contributed by atoms with Gasteiger partial charge in [0.1, 0.15) is 44.7 Å². The normalized spacial score (nSPS) is 11.2. The third-order valence-corrected chi connectivity index (χ3v) is 24.9.